The van der Waals surface area contributed by atoms with Crippen LogP contribution in [0.1, 0.15) is 21.5 Å². The van der Waals surface area contributed by atoms with Crippen molar-refractivity contribution in [1.82, 2.24) is 0 Å². The van der Waals surface area contributed by atoms with Crippen molar-refractivity contribution in [3.8, 4) is 5.75 Å². The summed E-state index contributed by atoms with van der Waals surface area (Å²) in [5, 5.41) is 0. The summed E-state index contributed by atoms with van der Waals surface area (Å²) in [4.78, 5) is 11.5. The fourth-order valence-electron chi connectivity index (χ4n) is 2.31. The maximum Gasteiger partial charge on any atom is 0.262 e. The van der Waals surface area contributed by atoms with Crippen molar-refractivity contribution >= 4 is 21.6 Å². The molecule has 0 fully saturated rings. The highest BCUT2D eigenvalue weighted by Gasteiger charge is 2.21. The lowest BCUT2D eigenvalue weighted by Gasteiger charge is -2.14. The first kappa shape index (κ1) is 16.8. The lowest BCUT2D eigenvalue weighted by molar-refractivity contribution is 0.100. The molecule has 7 heteroatoms. The van der Waals surface area contributed by atoms with Crippen LogP contribution in [0, 0.1) is 13.8 Å². The molecule has 3 N–H and O–H groups in total. The maximum absolute atomic E-state index is 12.7. The predicted octanol–water partition coefficient (Wildman–Crippen LogP) is 2.21. The zero-order chi connectivity index (χ0) is 17.2. The molecule has 2 aromatic rings. The van der Waals surface area contributed by atoms with Gasteiger partial charge in [-0.2, -0.15) is 0 Å². The molecule has 1 amide bonds. The minimum atomic E-state index is -3.89. The number of hydrogen-bond acceptors (Lipinski definition) is 4. The second-order valence-corrected chi connectivity index (χ2v) is 6.75. The van der Waals surface area contributed by atoms with E-state index in [1.165, 1.54) is 25.3 Å². The number of para-hydroxylation sites is 1. The number of sulfonamides is 1. The van der Waals surface area contributed by atoms with Gasteiger partial charge >= 0.3 is 0 Å². The van der Waals surface area contributed by atoms with E-state index < -0.39 is 15.9 Å². The molecule has 0 aliphatic carbocycles. The van der Waals surface area contributed by atoms with Gasteiger partial charge in [0.2, 0.25) is 0 Å². The molecule has 0 aliphatic heterocycles. The molecule has 0 aliphatic rings. The van der Waals surface area contributed by atoms with Crippen LogP contribution in [0.2, 0.25) is 0 Å². The molecule has 6 nitrogen and oxygen atoms in total. The lowest BCUT2D eigenvalue weighted by atomic mass is 10.1. The van der Waals surface area contributed by atoms with Crippen LogP contribution >= 0.6 is 0 Å². The maximum atomic E-state index is 12.7. The number of benzene rings is 2. The molecule has 0 atom stereocenters. The number of hydrogen-bond donors (Lipinski definition) is 2. The summed E-state index contributed by atoms with van der Waals surface area (Å²) in [6.07, 6.45) is 0. The third-order valence-corrected chi connectivity index (χ3v) is 4.93. The summed E-state index contributed by atoms with van der Waals surface area (Å²) in [5.74, 6) is -0.235. The van der Waals surface area contributed by atoms with Crippen molar-refractivity contribution in [2.24, 2.45) is 5.73 Å². The molecule has 0 aromatic heterocycles. The van der Waals surface area contributed by atoms with Gasteiger partial charge < -0.3 is 10.5 Å². The molecule has 23 heavy (non-hydrogen) atoms. The fraction of sp³-hybridized carbons (Fsp3) is 0.188. The molecule has 2 aromatic carbocycles. The Hall–Kier alpha value is -2.54. The Morgan fingerprint density at radius 2 is 1.78 bits per heavy atom. The SMILES string of the molecule is COc1cc(S(=O)(=O)Nc2ccccc2C(N)=O)c(C)cc1C. The number of amides is 1. The van der Waals surface area contributed by atoms with Gasteiger partial charge in [0.25, 0.3) is 15.9 Å². The van der Waals surface area contributed by atoms with Crippen LogP contribution in [-0.2, 0) is 10.0 Å². The Labute approximate surface area is 135 Å². The summed E-state index contributed by atoms with van der Waals surface area (Å²) in [6.45, 7) is 3.53. The van der Waals surface area contributed by atoms with Crippen molar-refractivity contribution in [3.63, 3.8) is 0 Å². The number of anilines is 1. The van der Waals surface area contributed by atoms with Crippen molar-refractivity contribution in [1.29, 1.82) is 0 Å². The molecule has 0 heterocycles. The molecule has 0 radical (unpaired) electrons. The Kier molecular flexibility index (Phi) is 4.60. The molecule has 0 bridgehead atoms. The first-order valence-electron chi connectivity index (χ1n) is 6.83. The number of carbonyl (C=O) groups excluding carboxylic acids is 1. The van der Waals surface area contributed by atoms with Gasteiger partial charge in [-0.05, 0) is 37.1 Å². The van der Waals surface area contributed by atoms with E-state index in [-0.39, 0.29) is 16.1 Å². The van der Waals surface area contributed by atoms with E-state index in [1.54, 1.807) is 25.1 Å². The number of ether oxygens (including phenoxy) is 1. The average molecular weight is 334 g/mol. The van der Waals surface area contributed by atoms with Crippen molar-refractivity contribution in [2.45, 2.75) is 18.7 Å². The average Bonchev–Trinajstić information content (AvgIpc) is 2.47. The van der Waals surface area contributed by atoms with Crippen LogP contribution in [-0.4, -0.2) is 21.4 Å². The Balaban J connectivity index is 2.51. The van der Waals surface area contributed by atoms with E-state index in [1.807, 2.05) is 6.92 Å². The quantitative estimate of drug-likeness (QED) is 0.876. The molecular formula is C16H18N2O4S. The van der Waals surface area contributed by atoms with Crippen LogP contribution in [0.25, 0.3) is 0 Å². The summed E-state index contributed by atoms with van der Waals surface area (Å²) in [7, 11) is -2.41. The van der Waals surface area contributed by atoms with Crippen LogP contribution in [0.15, 0.2) is 41.3 Å². The van der Waals surface area contributed by atoms with Gasteiger partial charge in [0.1, 0.15) is 5.75 Å². The number of primary amides is 1. The van der Waals surface area contributed by atoms with Gasteiger partial charge in [-0.15, -0.1) is 0 Å². The van der Waals surface area contributed by atoms with Gasteiger partial charge in [0.05, 0.1) is 23.3 Å². The van der Waals surface area contributed by atoms with E-state index in [0.29, 0.717) is 11.3 Å². The standard InChI is InChI=1S/C16H18N2O4S/c1-10-8-11(2)15(9-14(10)22-3)23(20,21)18-13-7-5-4-6-12(13)16(17)19/h4-9,18H,1-3H3,(H2,17,19). The van der Waals surface area contributed by atoms with Gasteiger partial charge in [0, 0.05) is 6.07 Å². The molecule has 0 saturated heterocycles. The third-order valence-electron chi connectivity index (χ3n) is 3.42. The zero-order valence-electron chi connectivity index (χ0n) is 13.1. The van der Waals surface area contributed by atoms with Crippen LogP contribution < -0.4 is 15.2 Å². The van der Waals surface area contributed by atoms with Gasteiger partial charge in [0.15, 0.2) is 0 Å². The summed E-state index contributed by atoms with van der Waals surface area (Å²) < 4.78 is 32.9. The summed E-state index contributed by atoms with van der Waals surface area (Å²) in [6, 6.07) is 9.36. The summed E-state index contributed by atoms with van der Waals surface area (Å²) >= 11 is 0. The highest BCUT2D eigenvalue weighted by atomic mass is 32.2. The molecular weight excluding hydrogens is 316 g/mol. The Bertz CT molecular complexity index is 860. The van der Waals surface area contributed by atoms with E-state index in [9.17, 15) is 13.2 Å². The van der Waals surface area contributed by atoms with E-state index in [4.69, 9.17) is 10.5 Å². The summed E-state index contributed by atoms with van der Waals surface area (Å²) in [5.41, 5.74) is 6.93. The molecule has 0 spiro atoms. The lowest BCUT2D eigenvalue weighted by Crippen LogP contribution is -2.19. The normalized spacial score (nSPS) is 11.1. The van der Waals surface area contributed by atoms with Gasteiger partial charge in [-0.25, -0.2) is 8.42 Å². The number of rotatable bonds is 5. The number of methoxy groups -OCH3 is 1. The van der Waals surface area contributed by atoms with Crippen LogP contribution in [0.5, 0.6) is 5.75 Å². The Morgan fingerprint density at radius 3 is 2.39 bits per heavy atom. The second-order valence-electron chi connectivity index (χ2n) is 5.10. The highest BCUT2D eigenvalue weighted by molar-refractivity contribution is 7.92. The van der Waals surface area contributed by atoms with Crippen molar-refractivity contribution in [3.05, 3.63) is 53.1 Å². The molecule has 0 saturated carbocycles. The number of nitrogens with two attached hydrogens (primary N) is 1. The van der Waals surface area contributed by atoms with E-state index in [2.05, 4.69) is 4.72 Å². The third kappa shape index (κ3) is 3.45. The topological polar surface area (TPSA) is 98.5 Å². The van der Waals surface area contributed by atoms with Gasteiger partial charge in [-0.1, -0.05) is 18.2 Å². The Morgan fingerprint density at radius 1 is 1.13 bits per heavy atom. The van der Waals surface area contributed by atoms with Crippen LogP contribution in [0.3, 0.4) is 0 Å². The molecule has 0 unspecified atom stereocenters. The van der Waals surface area contributed by atoms with E-state index in [0.717, 1.165) is 5.56 Å². The zero-order valence-corrected chi connectivity index (χ0v) is 13.9. The molecule has 122 valence electrons. The van der Waals surface area contributed by atoms with Crippen LogP contribution in [0.4, 0.5) is 5.69 Å². The number of aryl methyl sites for hydroxylation is 2. The van der Waals surface area contributed by atoms with E-state index >= 15 is 0 Å². The minimum absolute atomic E-state index is 0.0826. The fourth-order valence-corrected chi connectivity index (χ4v) is 3.63. The van der Waals surface area contributed by atoms with Crippen molar-refractivity contribution < 1.29 is 17.9 Å². The highest BCUT2D eigenvalue weighted by Crippen LogP contribution is 2.28. The first-order chi connectivity index (χ1) is 10.8. The molecule has 2 rings (SSSR count). The van der Waals surface area contributed by atoms with Gasteiger partial charge in [-0.3, -0.25) is 9.52 Å². The van der Waals surface area contributed by atoms with Crippen molar-refractivity contribution in [2.75, 3.05) is 11.8 Å². The monoisotopic (exact) mass is 334 g/mol. The minimum Gasteiger partial charge on any atom is -0.496 e. The predicted molar refractivity (Wildman–Crippen MR) is 88.2 cm³/mol. The second kappa shape index (κ2) is 6.29. The number of carbonyl (C=O) groups is 1. The number of nitrogens with one attached hydrogen (secondary N) is 1. The largest absolute Gasteiger partial charge is 0.496 e. The smallest absolute Gasteiger partial charge is 0.262 e. The first-order valence-corrected chi connectivity index (χ1v) is 8.31.